The fraction of sp³-hybridized carbons (Fsp3) is 0.778. The predicted molar refractivity (Wildman–Crippen MR) is 120 cm³/mol. The summed E-state index contributed by atoms with van der Waals surface area (Å²) in [6.45, 7) is 3.31. The van der Waals surface area contributed by atoms with Crippen molar-refractivity contribution < 1.29 is 30.0 Å². The number of aliphatic hydroxyl groups is 2. The van der Waals surface area contributed by atoms with E-state index in [0.29, 0.717) is 32.4 Å². The van der Waals surface area contributed by atoms with E-state index in [1.165, 1.54) is 12.7 Å². The Bertz CT molecular complexity index is 500. The maximum Gasteiger partial charge on any atom is 0.303 e. The zero-order valence-electron chi connectivity index (χ0n) is 18.7. The van der Waals surface area contributed by atoms with Gasteiger partial charge in [-0.25, -0.2) is 0 Å². The molecular weight excluding hydrogens is 424 g/mol. The van der Waals surface area contributed by atoms with Crippen molar-refractivity contribution in [3.63, 3.8) is 0 Å². The SMILES string of the molecule is CCCC(O)O.NN=CN=NCCCCCCN=NC=NN.O=C(O)CCCCC(=O)O. The van der Waals surface area contributed by atoms with E-state index in [0.717, 1.165) is 32.1 Å². The molecule has 0 unspecified atom stereocenters. The topological polar surface area (TPSA) is 241 Å². The minimum atomic E-state index is -1.10. The van der Waals surface area contributed by atoms with Crippen molar-refractivity contribution >= 4 is 24.6 Å². The molecule has 0 aliphatic heterocycles. The molecule has 0 aromatic carbocycles. The Morgan fingerprint density at radius 1 is 0.781 bits per heavy atom. The van der Waals surface area contributed by atoms with Gasteiger partial charge in [0.1, 0.15) is 0 Å². The van der Waals surface area contributed by atoms with Gasteiger partial charge in [0.15, 0.2) is 19.0 Å². The lowest BCUT2D eigenvalue weighted by Gasteiger charge is -1.94. The number of nitrogens with two attached hydrogens (primary N) is 2. The molecular formula is C18H38N8O6. The third-order valence-corrected chi connectivity index (χ3v) is 3.24. The van der Waals surface area contributed by atoms with Gasteiger partial charge in [-0.2, -0.15) is 20.4 Å². The van der Waals surface area contributed by atoms with Gasteiger partial charge in [0.25, 0.3) is 0 Å². The average molecular weight is 463 g/mol. The predicted octanol–water partition coefficient (Wildman–Crippen LogP) is 2.07. The number of hydrogen-bond donors (Lipinski definition) is 6. The molecule has 0 rings (SSSR count). The molecule has 0 amide bonds. The minimum absolute atomic E-state index is 0.0628. The van der Waals surface area contributed by atoms with Gasteiger partial charge in [-0.3, -0.25) is 9.59 Å². The van der Waals surface area contributed by atoms with E-state index in [4.69, 9.17) is 32.1 Å². The number of carboxylic acids is 2. The fourth-order valence-corrected chi connectivity index (χ4v) is 1.78. The maximum atomic E-state index is 9.90. The van der Waals surface area contributed by atoms with E-state index in [1.54, 1.807) is 0 Å². The van der Waals surface area contributed by atoms with Crippen LogP contribution in [0.3, 0.4) is 0 Å². The summed E-state index contributed by atoms with van der Waals surface area (Å²) in [6, 6.07) is 0. The van der Waals surface area contributed by atoms with Gasteiger partial charge in [0, 0.05) is 12.8 Å². The molecule has 8 N–H and O–H groups in total. The quantitative estimate of drug-likeness (QED) is 0.0376. The molecule has 186 valence electrons. The highest BCUT2D eigenvalue weighted by Crippen LogP contribution is 2.00. The van der Waals surface area contributed by atoms with Crippen molar-refractivity contribution in [2.24, 2.45) is 42.3 Å². The summed E-state index contributed by atoms with van der Waals surface area (Å²) in [5.74, 6) is 7.94. The van der Waals surface area contributed by atoms with Crippen LogP contribution < -0.4 is 11.7 Å². The van der Waals surface area contributed by atoms with E-state index >= 15 is 0 Å². The summed E-state index contributed by atoms with van der Waals surface area (Å²) in [6.07, 6.45) is 7.88. The standard InChI is InChI=1S/C8H18N8.C6H10O4.C4H10O2/c9-11-7-15-13-5-3-1-2-4-6-14-16-8-12-10;7-5(8)3-1-2-4-6(9)10;1-2-3-4(5)6/h7-8H,1-6,9-10H2;1-4H2,(H,7,8)(H,9,10);4-6H,2-3H2,1H3. The number of rotatable bonds is 16. The van der Waals surface area contributed by atoms with Crippen LogP contribution in [0.1, 0.15) is 71.1 Å². The summed E-state index contributed by atoms with van der Waals surface area (Å²) in [4.78, 5) is 19.8. The molecule has 14 heteroatoms. The molecule has 0 radical (unpaired) electrons. The smallest absolute Gasteiger partial charge is 0.303 e. The Kier molecular flexibility index (Phi) is 31.7. The van der Waals surface area contributed by atoms with Crippen LogP contribution in [0.15, 0.2) is 30.7 Å². The second-order valence-corrected chi connectivity index (χ2v) is 6.17. The number of hydrogen-bond acceptors (Lipinski definition) is 10. The van der Waals surface area contributed by atoms with Crippen molar-refractivity contribution in [2.45, 2.75) is 77.4 Å². The molecule has 0 spiro atoms. The van der Waals surface area contributed by atoms with Crippen molar-refractivity contribution in [2.75, 3.05) is 13.1 Å². The van der Waals surface area contributed by atoms with Gasteiger partial charge in [0.2, 0.25) is 0 Å². The number of nitrogens with zero attached hydrogens (tertiary/aromatic N) is 6. The molecule has 0 aromatic rings. The highest BCUT2D eigenvalue weighted by Gasteiger charge is 1.99. The molecule has 0 bridgehead atoms. The van der Waals surface area contributed by atoms with Gasteiger partial charge in [0.05, 0.1) is 13.1 Å². The van der Waals surface area contributed by atoms with Gasteiger partial charge in [-0.15, -0.1) is 10.2 Å². The number of hydrazone groups is 2. The Morgan fingerprint density at radius 3 is 1.44 bits per heavy atom. The van der Waals surface area contributed by atoms with Crippen molar-refractivity contribution in [1.29, 1.82) is 0 Å². The first-order valence-corrected chi connectivity index (χ1v) is 10.3. The minimum Gasteiger partial charge on any atom is -0.481 e. The van der Waals surface area contributed by atoms with Crippen molar-refractivity contribution in [3.8, 4) is 0 Å². The van der Waals surface area contributed by atoms with Crippen LogP contribution in [-0.2, 0) is 9.59 Å². The third kappa shape index (κ3) is 45.6. The first-order chi connectivity index (χ1) is 15.3. The lowest BCUT2D eigenvalue weighted by molar-refractivity contribution is -0.139. The number of carbonyl (C=O) groups is 2. The highest BCUT2D eigenvalue weighted by molar-refractivity contribution is 5.67. The molecule has 0 saturated heterocycles. The van der Waals surface area contributed by atoms with Crippen LogP contribution in [0.2, 0.25) is 0 Å². The van der Waals surface area contributed by atoms with E-state index < -0.39 is 18.2 Å². The molecule has 0 atom stereocenters. The van der Waals surface area contributed by atoms with Gasteiger partial charge in [-0.05, 0) is 32.1 Å². The van der Waals surface area contributed by atoms with Crippen molar-refractivity contribution in [3.05, 3.63) is 0 Å². The Labute approximate surface area is 188 Å². The Balaban J connectivity index is -0.000000446. The Hall–Kier alpha value is -3.00. The average Bonchev–Trinajstić information content (AvgIpc) is 2.73. The van der Waals surface area contributed by atoms with Crippen LogP contribution in [-0.4, -0.2) is 64.4 Å². The molecule has 0 aliphatic carbocycles. The zero-order valence-corrected chi connectivity index (χ0v) is 18.7. The van der Waals surface area contributed by atoms with Crippen LogP contribution in [0.5, 0.6) is 0 Å². The second kappa shape index (κ2) is 30.2. The lowest BCUT2D eigenvalue weighted by Crippen LogP contribution is -2.01. The first kappa shape index (κ1) is 33.6. The maximum absolute atomic E-state index is 9.90. The summed E-state index contributed by atoms with van der Waals surface area (Å²) < 4.78 is 0. The van der Waals surface area contributed by atoms with Crippen LogP contribution in [0.4, 0.5) is 0 Å². The normalized spacial score (nSPS) is 11.1. The van der Waals surface area contributed by atoms with Crippen LogP contribution >= 0.6 is 0 Å². The molecule has 0 aliphatic rings. The monoisotopic (exact) mass is 462 g/mol. The molecule has 0 aromatic heterocycles. The second-order valence-electron chi connectivity index (χ2n) is 6.17. The zero-order chi connectivity index (χ0) is 24.9. The number of carboxylic acid groups (broad SMARTS) is 2. The Morgan fingerprint density at radius 2 is 1.19 bits per heavy atom. The summed E-state index contributed by atoms with van der Waals surface area (Å²) in [5, 5.41) is 53.8. The molecule has 32 heavy (non-hydrogen) atoms. The van der Waals surface area contributed by atoms with Crippen molar-refractivity contribution in [1.82, 2.24) is 0 Å². The van der Waals surface area contributed by atoms with E-state index in [-0.39, 0.29) is 12.8 Å². The highest BCUT2D eigenvalue weighted by atomic mass is 16.5. The number of unbranched alkanes of at least 4 members (excludes halogenated alkanes) is 4. The van der Waals surface area contributed by atoms with Gasteiger partial charge in [-0.1, -0.05) is 26.2 Å². The van der Waals surface area contributed by atoms with Gasteiger partial charge >= 0.3 is 11.9 Å². The van der Waals surface area contributed by atoms with E-state index in [1.807, 2.05) is 6.92 Å². The largest absolute Gasteiger partial charge is 0.481 e. The molecule has 0 heterocycles. The summed E-state index contributed by atoms with van der Waals surface area (Å²) in [7, 11) is 0. The first-order valence-electron chi connectivity index (χ1n) is 10.3. The molecule has 0 saturated carbocycles. The molecule has 0 fully saturated rings. The number of aliphatic hydroxyl groups excluding tert-OH is 1. The van der Waals surface area contributed by atoms with Gasteiger partial charge < -0.3 is 32.1 Å². The lowest BCUT2D eigenvalue weighted by atomic mass is 10.2. The number of azo groups is 2. The van der Waals surface area contributed by atoms with E-state index in [2.05, 4.69) is 30.7 Å². The van der Waals surface area contributed by atoms with Crippen LogP contribution in [0, 0.1) is 0 Å². The van der Waals surface area contributed by atoms with Crippen LogP contribution in [0.25, 0.3) is 0 Å². The number of aliphatic carboxylic acids is 2. The third-order valence-electron chi connectivity index (χ3n) is 3.24. The fourth-order valence-electron chi connectivity index (χ4n) is 1.78. The summed E-state index contributed by atoms with van der Waals surface area (Å²) >= 11 is 0. The summed E-state index contributed by atoms with van der Waals surface area (Å²) in [5.41, 5.74) is 0. The van der Waals surface area contributed by atoms with E-state index in [9.17, 15) is 9.59 Å². The molecule has 14 nitrogen and oxygen atoms in total.